The monoisotopic (exact) mass is 416 g/mol. The maximum absolute atomic E-state index is 13.0. The lowest BCUT2D eigenvalue weighted by molar-refractivity contribution is -0.0457. The second-order valence-electron chi connectivity index (χ2n) is 7.59. The van der Waals surface area contributed by atoms with E-state index in [4.69, 9.17) is 9.72 Å². The van der Waals surface area contributed by atoms with Crippen LogP contribution < -0.4 is 0 Å². The molecule has 0 aliphatic carbocycles. The number of aromatic nitrogens is 1. The van der Waals surface area contributed by atoms with Crippen LogP contribution in [0.5, 0.6) is 0 Å². The van der Waals surface area contributed by atoms with E-state index in [1.54, 1.807) is 19.9 Å². The van der Waals surface area contributed by atoms with Gasteiger partial charge < -0.3 is 4.74 Å². The fourth-order valence-corrected chi connectivity index (χ4v) is 6.27. The molecule has 3 rings (SSSR count). The molecular formula is C18H32N4O3S2. The molecule has 0 amide bonds. The van der Waals surface area contributed by atoms with Gasteiger partial charge >= 0.3 is 0 Å². The molecule has 2 unspecified atom stereocenters. The zero-order valence-electron chi connectivity index (χ0n) is 16.6. The predicted octanol–water partition coefficient (Wildman–Crippen LogP) is 1.96. The Morgan fingerprint density at radius 3 is 2.44 bits per heavy atom. The summed E-state index contributed by atoms with van der Waals surface area (Å²) in [5.74, 6) is 0. The molecule has 154 valence electrons. The van der Waals surface area contributed by atoms with Gasteiger partial charge in [0.15, 0.2) is 0 Å². The minimum absolute atomic E-state index is 0.0589. The van der Waals surface area contributed by atoms with Crippen molar-refractivity contribution in [3.8, 4) is 0 Å². The number of hydrogen-bond acceptors (Lipinski definition) is 6. The third kappa shape index (κ3) is 5.48. The Bertz CT molecular complexity index is 691. The van der Waals surface area contributed by atoms with Gasteiger partial charge in [0.1, 0.15) is 0 Å². The number of morpholine rings is 1. The summed E-state index contributed by atoms with van der Waals surface area (Å²) < 4.78 is 34.8. The molecule has 0 aromatic carbocycles. The summed E-state index contributed by atoms with van der Waals surface area (Å²) in [6.45, 7) is 10.3. The molecule has 0 spiro atoms. The maximum Gasteiger partial charge on any atom is 0.282 e. The van der Waals surface area contributed by atoms with Crippen LogP contribution in [0.3, 0.4) is 0 Å². The van der Waals surface area contributed by atoms with E-state index in [9.17, 15) is 8.42 Å². The van der Waals surface area contributed by atoms with E-state index in [1.807, 2.05) is 13.8 Å². The molecule has 7 nitrogen and oxygen atoms in total. The number of aryl methyl sites for hydroxylation is 1. The van der Waals surface area contributed by atoms with Gasteiger partial charge in [-0.2, -0.15) is 17.0 Å². The van der Waals surface area contributed by atoms with E-state index in [2.05, 4.69) is 17.2 Å². The zero-order chi connectivity index (χ0) is 19.4. The topological polar surface area (TPSA) is 66.0 Å². The minimum Gasteiger partial charge on any atom is -0.373 e. The fraction of sp³-hybridized carbons (Fsp3) is 0.833. The van der Waals surface area contributed by atoms with E-state index in [-0.39, 0.29) is 12.2 Å². The van der Waals surface area contributed by atoms with Crippen molar-refractivity contribution in [3.05, 3.63) is 16.1 Å². The minimum atomic E-state index is -3.41. The Morgan fingerprint density at radius 1 is 1.15 bits per heavy atom. The van der Waals surface area contributed by atoms with Crippen molar-refractivity contribution in [2.45, 2.75) is 58.8 Å². The Balaban J connectivity index is 1.51. The van der Waals surface area contributed by atoms with Crippen molar-refractivity contribution in [1.82, 2.24) is 18.5 Å². The van der Waals surface area contributed by atoms with Gasteiger partial charge in [0.25, 0.3) is 10.2 Å². The van der Waals surface area contributed by atoms with Crippen molar-refractivity contribution >= 4 is 21.5 Å². The van der Waals surface area contributed by atoms with Crippen LogP contribution in [0, 0.1) is 0 Å². The smallest absolute Gasteiger partial charge is 0.282 e. The third-order valence-corrected chi connectivity index (χ3v) is 8.02. The second kappa shape index (κ2) is 9.28. The highest BCUT2D eigenvalue weighted by atomic mass is 32.2. The van der Waals surface area contributed by atoms with Crippen LogP contribution in [0.2, 0.25) is 0 Å². The Kier molecular flexibility index (Phi) is 7.26. The van der Waals surface area contributed by atoms with Crippen LogP contribution in [0.1, 0.15) is 44.3 Å². The molecule has 0 bridgehead atoms. The van der Waals surface area contributed by atoms with Crippen molar-refractivity contribution in [2.24, 2.45) is 0 Å². The lowest BCUT2D eigenvalue weighted by atomic mass is 10.3. The number of thiazole rings is 1. The van der Waals surface area contributed by atoms with Gasteiger partial charge in [0, 0.05) is 51.2 Å². The summed E-state index contributed by atoms with van der Waals surface area (Å²) in [7, 11) is -3.41. The van der Waals surface area contributed by atoms with Crippen LogP contribution >= 0.6 is 11.3 Å². The van der Waals surface area contributed by atoms with Crippen LogP contribution in [0.15, 0.2) is 5.38 Å². The molecule has 2 fully saturated rings. The largest absolute Gasteiger partial charge is 0.373 e. The van der Waals surface area contributed by atoms with Crippen molar-refractivity contribution < 1.29 is 13.2 Å². The lowest BCUT2D eigenvalue weighted by Gasteiger charge is -2.40. The van der Waals surface area contributed by atoms with Crippen molar-refractivity contribution in [2.75, 3.05) is 39.3 Å². The Hall–Kier alpha value is -0.580. The van der Waals surface area contributed by atoms with E-state index in [0.29, 0.717) is 26.2 Å². The second-order valence-corrected chi connectivity index (χ2v) is 10.5. The first-order chi connectivity index (χ1) is 12.9. The highest BCUT2D eigenvalue weighted by Gasteiger charge is 2.36. The molecule has 2 saturated heterocycles. The van der Waals surface area contributed by atoms with Crippen molar-refractivity contribution in [1.29, 1.82) is 0 Å². The highest BCUT2D eigenvalue weighted by molar-refractivity contribution is 7.86. The van der Waals surface area contributed by atoms with Crippen molar-refractivity contribution in [3.63, 3.8) is 0 Å². The number of piperazine rings is 1. The van der Waals surface area contributed by atoms with Gasteiger partial charge in [0.05, 0.1) is 22.9 Å². The summed E-state index contributed by atoms with van der Waals surface area (Å²) >= 11 is 1.74. The first kappa shape index (κ1) is 21.1. The van der Waals surface area contributed by atoms with E-state index < -0.39 is 10.2 Å². The molecule has 2 atom stereocenters. The van der Waals surface area contributed by atoms with E-state index in [1.165, 1.54) is 17.8 Å². The third-order valence-electron chi connectivity index (χ3n) is 5.10. The average molecular weight is 417 g/mol. The molecule has 0 saturated carbocycles. The number of nitrogens with zero attached hydrogens (tertiary/aromatic N) is 4. The summed E-state index contributed by atoms with van der Waals surface area (Å²) in [5.41, 5.74) is 1.11. The van der Waals surface area contributed by atoms with Gasteiger partial charge in [-0.15, -0.1) is 11.3 Å². The van der Waals surface area contributed by atoms with Gasteiger partial charge in [-0.05, 0) is 26.7 Å². The van der Waals surface area contributed by atoms with Crippen LogP contribution in [-0.4, -0.2) is 78.4 Å². The highest BCUT2D eigenvalue weighted by Crippen LogP contribution is 2.20. The molecule has 2 aliphatic rings. The SMILES string of the molecule is CCCCc1nc(CN2CCN(S(=O)(=O)N3CC(C)OC(C)C3)CC2)cs1. The van der Waals surface area contributed by atoms with E-state index in [0.717, 1.165) is 31.7 Å². The Morgan fingerprint density at radius 2 is 1.81 bits per heavy atom. The van der Waals surface area contributed by atoms with E-state index >= 15 is 0 Å². The van der Waals surface area contributed by atoms with Gasteiger partial charge in [0.2, 0.25) is 0 Å². The molecule has 9 heteroatoms. The molecule has 2 aliphatic heterocycles. The number of ether oxygens (including phenoxy) is 1. The summed E-state index contributed by atoms with van der Waals surface area (Å²) in [6.07, 6.45) is 3.31. The molecule has 27 heavy (non-hydrogen) atoms. The molecule has 3 heterocycles. The van der Waals surface area contributed by atoms with Gasteiger partial charge in [-0.1, -0.05) is 13.3 Å². The molecule has 1 aromatic rings. The van der Waals surface area contributed by atoms with Gasteiger partial charge in [-0.3, -0.25) is 4.90 Å². The summed E-state index contributed by atoms with van der Waals surface area (Å²) in [4.78, 5) is 7.02. The van der Waals surface area contributed by atoms with Crippen LogP contribution in [0.25, 0.3) is 0 Å². The zero-order valence-corrected chi connectivity index (χ0v) is 18.3. The Labute approximate surface area is 167 Å². The first-order valence-corrected chi connectivity index (χ1v) is 12.2. The lowest BCUT2D eigenvalue weighted by Crippen LogP contribution is -2.57. The fourth-order valence-electron chi connectivity index (χ4n) is 3.69. The number of hydrogen-bond donors (Lipinski definition) is 0. The number of rotatable bonds is 7. The molecule has 0 radical (unpaired) electrons. The standard InChI is InChI=1S/C18H32N4O3S2/c1-4-5-6-18-19-17(14-26-18)13-20-7-9-21(10-8-20)27(23,24)22-11-15(2)25-16(3)12-22/h14-16H,4-13H2,1-3H3. The summed E-state index contributed by atoms with van der Waals surface area (Å²) in [5, 5.41) is 3.36. The summed E-state index contributed by atoms with van der Waals surface area (Å²) in [6, 6.07) is 0. The maximum atomic E-state index is 13.0. The molecule has 1 aromatic heterocycles. The van der Waals surface area contributed by atoms with Crippen LogP contribution in [-0.2, 0) is 27.9 Å². The van der Waals surface area contributed by atoms with Crippen LogP contribution in [0.4, 0.5) is 0 Å². The normalized spacial score (nSPS) is 26.5. The first-order valence-electron chi connectivity index (χ1n) is 9.94. The number of unbranched alkanes of at least 4 members (excludes halogenated alkanes) is 1. The average Bonchev–Trinajstić information content (AvgIpc) is 3.07. The quantitative estimate of drug-likeness (QED) is 0.680. The van der Waals surface area contributed by atoms with Gasteiger partial charge in [-0.25, -0.2) is 4.98 Å². The predicted molar refractivity (Wildman–Crippen MR) is 108 cm³/mol. The molecular weight excluding hydrogens is 384 g/mol. The molecule has 0 N–H and O–H groups in total.